The lowest BCUT2D eigenvalue weighted by molar-refractivity contribution is -0.118. The van der Waals surface area contributed by atoms with Crippen LogP contribution >= 0.6 is 34.8 Å². The number of carboxylic acids is 1. The second-order valence-electron chi connectivity index (χ2n) is 4.87. The number of aromatic carboxylic acids is 1. The Bertz CT molecular complexity index is 785. The quantitative estimate of drug-likeness (QED) is 0.780. The van der Waals surface area contributed by atoms with Crippen molar-refractivity contribution in [3.8, 4) is 5.75 Å². The fourth-order valence-corrected chi connectivity index (χ4v) is 2.76. The van der Waals surface area contributed by atoms with Crippen LogP contribution in [-0.2, 0) is 4.79 Å². The van der Waals surface area contributed by atoms with Gasteiger partial charge in [0, 0.05) is 5.02 Å². The molecular formula is C16H12Cl3NO4. The lowest BCUT2D eigenvalue weighted by Crippen LogP contribution is -2.21. The van der Waals surface area contributed by atoms with Gasteiger partial charge >= 0.3 is 5.97 Å². The first kappa shape index (κ1) is 18.4. The summed E-state index contributed by atoms with van der Waals surface area (Å²) in [6.07, 6.45) is 0. The Morgan fingerprint density at radius 1 is 1.12 bits per heavy atom. The lowest BCUT2D eigenvalue weighted by Gasteiger charge is -2.12. The highest BCUT2D eigenvalue weighted by Gasteiger charge is 2.13. The number of carboxylic acid groups (broad SMARTS) is 1. The molecule has 0 aliphatic carbocycles. The first-order valence-electron chi connectivity index (χ1n) is 6.69. The van der Waals surface area contributed by atoms with Gasteiger partial charge in [-0.2, -0.15) is 0 Å². The van der Waals surface area contributed by atoms with Crippen LogP contribution in [0, 0.1) is 6.92 Å². The Morgan fingerprint density at radius 3 is 2.46 bits per heavy atom. The van der Waals surface area contributed by atoms with Crippen molar-refractivity contribution in [2.24, 2.45) is 0 Å². The molecule has 0 spiro atoms. The number of amides is 1. The minimum absolute atomic E-state index is 0.00667. The molecular weight excluding hydrogens is 377 g/mol. The maximum atomic E-state index is 12.0. The van der Waals surface area contributed by atoms with Crippen LogP contribution in [0.3, 0.4) is 0 Å². The molecule has 0 radical (unpaired) electrons. The molecule has 5 nitrogen and oxygen atoms in total. The first-order chi connectivity index (χ1) is 11.3. The van der Waals surface area contributed by atoms with E-state index in [2.05, 4.69) is 5.32 Å². The number of hydrogen-bond acceptors (Lipinski definition) is 3. The predicted molar refractivity (Wildman–Crippen MR) is 93.7 cm³/mol. The summed E-state index contributed by atoms with van der Waals surface area (Å²) in [5.41, 5.74) is 0.877. The fraction of sp³-hybridized carbons (Fsp3) is 0.125. The van der Waals surface area contributed by atoms with Crippen molar-refractivity contribution < 1.29 is 19.4 Å². The highest BCUT2D eigenvalue weighted by molar-refractivity contribution is 6.35. The van der Waals surface area contributed by atoms with E-state index in [9.17, 15) is 9.59 Å². The first-order valence-corrected chi connectivity index (χ1v) is 7.82. The molecule has 0 saturated carbocycles. The molecule has 24 heavy (non-hydrogen) atoms. The van der Waals surface area contributed by atoms with E-state index in [4.69, 9.17) is 44.6 Å². The monoisotopic (exact) mass is 387 g/mol. The number of carbonyl (C=O) groups excluding carboxylic acids is 1. The van der Waals surface area contributed by atoms with E-state index in [-0.39, 0.29) is 22.9 Å². The Labute approximate surface area is 153 Å². The largest absolute Gasteiger partial charge is 0.482 e. The molecule has 0 unspecified atom stereocenters. The van der Waals surface area contributed by atoms with Gasteiger partial charge in [-0.1, -0.05) is 34.8 Å². The van der Waals surface area contributed by atoms with Gasteiger partial charge in [0.25, 0.3) is 5.91 Å². The average molecular weight is 389 g/mol. The van der Waals surface area contributed by atoms with Crippen molar-refractivity contribution in [1.29, 1.82) is 0 Å². The Morgan fingerprint density at radius 2 is 1.83 bits per heavy atom. The molecule has 2 N–H and O–H groups in total. The van der Waals surface area contributed by atoms with E-state index in [0.717, 1.165) is 0 Å². The normalized spacial score (nSPS) is 10.3. The average Bonchev–Trinajstić information content (AvgIpc) is 2.48. The van der Waals surface area contributed by atoms with Crippen molar-refractivity contribution >= 4 is 52.4 Å². The molecule has 1 amide bonds. The van der Waals surface area contributed by atoms with Crippen LogP contribution in [0.1, 0.15) is 15.9 Å². The van der Waals surface area contributed by atoms with Gasteiger partial charge in [-0.25, -0.2) is 4.79 Å². The van der Waals surface area contributed by atoms with Crippen molar-refractivity contribution in [1.82, 2.24) is 0 Å². The van der Waals surface area contributed by atoms with Crippen LogP contribution in [-0.4, -0.2) is 23.6 Å². The molecule has 126 valence electrons. The number of benzene rings is 2. The standard InChI is InChI=1S/C16H12Cl3NO4/c1-8-4-10(17)6-12(19)15(8)24-7-14(21)20-13-5-9(16(22)23)2-3-11(13)18/h2-6H,7H2,1H3,(H,20,21)(H,22,23). The maximum absolute atomic E-state index is 12.0. The smallest absolute Gasteiger partial charge is 0.335 e. The minimum atomic E-state index is -1.12. The van der Waals surface area contributed by atoms with Gasteiger partial charge in [-0.15, -0.1) is 0 Å². The topological polar surface area (TPSA) is 75.6 Å². The molecule has 0 fully saturated rings. The molecule has 0 aromatic heterocycles. The second kappa shape index (κ2) is 7.75. The molecule has 0 aliphatic rings. The fourth-order valence-electron chi connectivity index (χ4n) is 1.95. The highest BCUT2D eigenvalue weighted by Crippen LogP contribution is 2.32. The van der Waals surface area contributed by atoms with E-state index in [0.29, 0.717) is 21.4 Å². The van der Waals surface area contributed by atoms with Crippen LogP contribution in [0.15, 0.2) is 30.3 Å². The summed E-state index contributed by atoms with van der Waals surface area (Å²) < 4.78 is 5.41. The molecule has 0 bridgehead atoms. The molecule has 0 saturated heterocycles. The number of aryl methyl sites for hydroxylation is 1. The third-order valence-corrected chi connectivity index (χ3v) is 3.86. The number of ether oxygens (including phenoxy) is 1. The third kappa shape index (κ3) is 4.54. The lowest BCUT2D eigenvalue weighted by atomic mass is 10.2. The molecule has 2 aromatic rings. The van der Waals surface area contributed by atoms with Crippen LogP contribution < -0.4 is 10.1 Å². The summed E-state index contributed by atoms with van der Waals surface area (Å²) in [5.74, 6) is -1.28. The number of hydrogen-bond donors (Lipinski definition) is 2. The van der Waals surface area contributed by atoms with Gasteiger partial charge in [-0.3, -0.25) is 4.79 Å². The van der Waals surface area contributed by atoms with E-state index < -0.39 is 11.9 Å². The van der Waals surface area contributed by atoms with Crippen molar-refractivity contribution in [3.63, 3.8) is 0 Å². The Balaban J connectivity index is 2.07. The third-order valence-electron chi connectivity index (χ3n) is 3.03. The van der Waals surface area contributed by atoms with Gasteiger partial charge in [-0.05, 0) is 42.8 Å². The van der Waals surface area contributed by atoms with E-state index in [1.807, 2.05) is 0 Å². The molecule has 0 atom stereocenters. The van der Waals surface area contributed by atoms with Gasteiger partial charge in [0.15, 0.2) is 6.61 Å². The zero-order valence-corrected chi connectivity index (χ0v) is 14.7. The number of anilines is 1. The summed E-state index contributed by atoms with van der Waals surface area (Å²) in [7, 11) is 0. The summed E-state index contributed by atoms with van der Waals surface area (Å²) >= 11 is 17.8. The molecule has 8 heteroatoms. The molecule has 0 heterocycles. The van der Waals surface area contributed by atoms with Crippen LogP contribution in [0.4, 0.5) is 5.69 Å². The Hall–Kier alpha value is -1.95. The zero-order valence-electron chi connectivity index (χ0n) is 12.4. The van der Waals surface area contributed by atoms with Crippen molar-refractivity contribution in [2.75, 3.05) is 11.9 Å². The summed E-state index contributed by atoms with van der Waals surface area (Å²) in [6.45, 7) is 1.42. The van der Waals surface area contributed by atoms with Gasteiger partial charge in [0.2, 0.25) is 0 Å². The van der Waals surface area contributed by atoms with E-state index in [1.54, 1.807) is 13.0 Å². The van der Waals surface area contributed by atoms with Crippen molar-refractivity contribution in [3.05, 3.63) is 56.5 Å². The van der Waals surface area contributed by atoms with Crippen LogP contribution in [0.2, 0.25) is 15.1 Å². The second-order valence-corrected chi connectivity index (χ2v) is 6.12. The van der Waals surface area contributed by atoms with E-state index >= 15 is 0 Å². The van der Waals surface area contributed by atoms with Crippen LogP contribution in [0.25, 0.3) is 0 Å². The SMILES string of the molecule is Cc1cc(Cl)cc(Cl)c1OCC(=O)Nc1cc(C(=O)O)ccc1Cl. The Kier molecular flexibility index (Phi) is 5.94. The maximum Gasteiger partial charge on any atom is 0.335 e. The van der Waals surface area contributed by atoms with Crippen molar-refractivity contribution in [2.45, 2.75) is 6.92 Å². The van der Waals surface area contributed by atoms with Crippen LogP contribution in [0.5, 0.6) is 5.75 Å². The molecule has 2 rings (SSSR count). The number of carbonyl (C=O) groups is 2. The summed E-state index contributed by atoms with van der Waals surface area (Å²) in [6, 6.07) is 7.17. The van der Waals surface area contributed by atoms with Gasteiger partial charge in [0.1, 0.15) is 5.75 Å². The zero-order chi connectivity index (χ0) is 17.9. The van der Waals surface area contributed by atoms with Gasteiger partial charge in [0.05, 0.1) is 21.3 Å². The minimum Gasteiger partial charge on any atom is -0.482 e. The molecule has 2 aromatic carbocycles. The molecule has 0 aliphatic heterocycles. The summed E-state index contributed by atoms with van der Waals surface area (Å²) in [5, 5.41) is 12.4. The summed E-state index contributed by atoms with van der Waals surface area (Å²) in [4.78, 5) is 23.0. The van der Waals surface area contributed by atoms with E-state index in [1.165, 1.54) is 24.3 Å². The number of nitrogens with one attached hydrogen (secondary N) is 1. The van der Waals surface area contributed by atoms with Gasteiger partial charge < -0.3 is 15.2 Å². The highest BCUT2D eigenvalue weighted by atomic mass is 35.5. The predicted octanol–water partition coefficient (Wildman–Crippen LogP) is 4.67. The number of halogens is 3. The number of rotatable bonds is 5.